The van der Waals surface area contributed by atoms with Gasteiger partial charge in [-0.3, -0.25) is 9.59 Å². The number of carbonyl (C=O) groups excluding carboxylic acids is 2. The summed E-state index contributed by atoms with van der Waals surface area (Å²) >= 11 is 1.27. The van der Waals surface area contributed by atoms with Gasteiger partial charge in [0.15, 0.2) is 0 Å². The van der Waals surface area contributed by atoms with Crippen LogP contribution >= 0.6 is 11.3 Å². The van der Waals surface area contributed by atoms with Gasteiger partial charge in [-0.25, -0.2) is 0 Å². The highest BCUT2D eigenvalue weighted by Crippen LogP contribution is 2.35. The lowest BCUT2D eigenvalue weighted by atomic mass is 10.1. The molecule has 2 aromatic heterocycles. The highest BCUT2D eigenvalue weighted by Gasteiger charge is 2.39. The normalized spacial score (nSPS) is 16.9. The minimum atomic E-state index is -4.70. The van der Waals surface area contributed by atoms with Crippen molar-refractivity contribution in [3.63, 3.8) is 0 Å². The van der Waals surface area contributed by atoms with Gasteiger partial charge >= 0.3 is 23.9 Å². The molecule has 1 aliphatic heterocycles. The topological polar surface area (TPSA) is 88.3 Å². The molecule has 0 bridgehead atoms. The van der Waals surface area contributed by atoms with Gasteiger partial charge in [0, 0.05) is 24.5 Å². The summed E-state index contributed by atoms with van der Waals surface area (Å²) in [6, 6.07) is 1.65. The Balaban J connectivity index is 1.45. The summed E-state index contributed by atoms with van der Waals surface area (Å²) in [5.74, 6) is -2.26. The van der Waals surface area contributed by atoms with Gasteiger partial charge in [0.2, 0.25) is 5.82 Å². The van der Waals surface area contributed by atoms with Crippen molar-refractivity contribution in [1.82, 2.24) is 20.4 Å². The summed E-state index contributed by atoms with van der Waals surface area (Å²) in [5.41, 5.74) is 0.781. The van der Waals surface area contributed by atoms with E-state index in [1.807, 2.05) is 0 Å². The highest BCUT2D eigenvalue weighted by atomic mass is 32.1. The number of rotatable bonds is 3. The predicted molar refractivity (Wildman–Crippen MR) is 87.5 cm³/mol. The van der Waals surface area contributed by atoms with Gasteiger partial charge in [-0.05, 0) is 36.8 Å². The second-order valence-corrected chi connectivity index (χ2v) is 7.75. The van der Waals surface area contributed by atoms with E-state index in [4.69, 9.17) is 0 Å². The van der Waals surface area contributed by atoms with E-state index in [1.165, 1.54) is 16.2 Å². The molecule has 2 aromatic rings. The first-order chi connectivity index (χ1) is 12.8. The fourth-order valence-corrected chi connectivity index (χ4v) is 3.92. The minimum absolute atomic E-state index is 0.137. The summed E-state index contributed by atoms with van der Waals surface area (Å²) in [6.07, 6.45) is -2.03. The molecule has 27 heavy (non-hydrogen) atoms. The summed E-state index contributed by atoms with van der Waals surface area (Å²) < 4.78 is 42.1. The van der Waals surface area contributed by atoms with E-state index < -0.39 is 23.9 Å². The molecule has 0 atom stereocenters. The van der Waals surface area contributed by atoms with Crippen LogP contribution in [0.4, 0.5) is 13.2 Å². The second-order valence-electron chi connectivity index (χ2n) is 6.61. The Kier molecular flexibility index (Phi) is 4.41. The predicted octanol–water partition coefficient (Wildman–Crippen LogP) is 2.23. The van der Waals surface area contributed by atoms with Crippen molar-refractivity contribution >= 4 is 23.2 Å². The van der Waals surface area contributed by atoms with Gasteiger partial charge in [0.05, 0.1) is 4.88 Å². The maximum absolute atomic E-state index is 12.6. The Morgan fingerprint density at radius 2 is 2.15 bits per heavy atom. The van der Waals surface area contributed by atoms with Gasteiger partial charge in [-0.1, -0.05) is 5.16 Å². The summed E-state index contributed by atoms with van der Waals surface area (Å²) in [5, 5.41) is 6.03. The molecule has 1 fully saturated rings. The zero-order valence-corrected chi connectivity index (χ0v) is 14.8. The summed E-state index contributed by atoms with van der Waals surface area (Å²) in [6.45, 7) is 1.12. The minimum Gasteiger partial charge on any atom is -0.348 e. The van der Waals surface area contributed by atoms with E-state index in [9.17, 15) is 22.8 Å². The number of thiophene rings is 1. The lowest BCUT2D eigenvalue weighted by Crippen LogP contribution is -2.45. The average Bonchev–Trinajstić information content (AvgIpc) is 3.14. The van der Waals surface area contributed by atoms with E-state index >= 15 is 0 Å². The van der Waals surface area contributed by atoms with E-state index in [0.29, 0.717) is 30.3 Å². The van der Waals surface area contributed by atoms with Crippen molar-refractivity contribution in [3.05, 3.63) is 22.4 Å². The Bertz CT molecular complexity index is 888. The number of amides is 2. The fourth-order valence-electron chi connectivity index (χ4n) is 2.83. The molecule has 0 spiro atoms. The molecule has 3 heterocycles. The Hall–Kier alpha value is -2.43. The van der Waals surface area contributed by atoms with Gasteiger partial charge in [-0.2, -0.15) is 18.2 Å². The zero-order chi connectivity index (χ0) is 19.2. The third-order valence-electron chi connectivity index (χ3n) is 4.49. The third-order valence-corrected chi connectivity index (χ3v) is 5.72. The number of hydrogen-bond acceptors (Lipinski definition) is 6. The van der Waals surface area contributed by atoms with E-state index in [1.54, 1.807) is 6.07 Å². The van der Waals surface area contributed by atoms with Crippen molar-refractivity contribution in [2.75, 3.05) is 13.1 Å². The second kappa shape index (κ2) is 6.63. The molecule has 1 N–H and O–H groups in total. The molecule has 144 valence electrons. The van der Waals surface area contributed by atoms with E-state index in [-0.39, 0.29) is 12.4 Å². The average molecular weight is 400 g/mol. The smallest absolute Gasteiger partial charge is 0.348 e. The molecule has 0 aromatic carbocycles. The van der Waals surface area contributed by atoms with Crippen LogP contribution in [0.25, 0.3) is 10.7 Å². The van der Waals surface area contributed by atoms with Gasteiger partial charge < -0.3 is 14.7 Å². The van der Waals surface area contributed by atoms with Crippen LogP contribution in [0.3, 0.4) is 0 Å². The standard InChI is InChI=1S/C16H15F3N4O3S/c17-16(18,19)15-21-12(22-26-15)11-5-9-7-23(4-3-10(9)27-11)14(25)13(24)20-6-8-1-2-8/h5,8H,1-4,6-7H2,(H,20,24). The number of hydrogen-bond donors (Lipinski definition) is 1. The number of fused-ring (bicyclic) bond motifs is 1. The number of nitrogens with one attached hydrogen (secondary N) is 1. The van der Waals surface area contributed by atoms with Crippen LogP contribution in [-0.4, -0.2) is 39.9 Å². The zero-order valence-electron chi connectivity index (χ0n) is 14.0. The maximum atomic E-state index is 12.6. The maximum Gasteiger partial charge on any atom is 0.471 e. The SMILES string of the molecule is O=C(NCC1CC1)C(=O)N1CCc2sc(-c3noc(C(F)(F)F)n3)cc2C1. The van der Waals surface area contributed by atoms with Crippen LogP contribution in [0.15, 0.2) is 10.6 Å². The molecule has 1 saturated carbocycles. The van der Waals surface area contributed by atoms with Crippen LogP contribution in [-0.2, 0) is 28.7 Å². The fraction of sp³-hybridized carbons (Fsp3) is 0.500. The van der Waals surface area contributed by atoms with Crippen molar-refractivity contribution in [2.45, 2.75) is 32.0 Å². The van der Waals surface area contributed by atoms with Crippen LogP contribution in [0.5, 0.6) is 0 Å². The van der Waals surface area contributed by atoms with Crippen LogP contribution < -0.4 is 5.32 Å². The van der Waals surface area contributed by atoms with Crippen LogP contribution in [0.2, 0.25) is 0 Å². The Morgan fingerprint density at radius 3 is 2.81 bits per heavy atom. The van der Waals surface area contributed by atoms with Gasteiger partial charge in [0.25, 0.3) is 0 Å². The van der Waals surface area contributed by atoms with Gasteiger partial charge in [-0.15, -0.1) is 11.3 Å². The third kappa shape index (κ3) is 3.82. The van der Waals surface area contributed by atoms with Crippen LogP contribution in [0, 0.1) is 5.92 Å². The van der Waals surface area contributed by atoms with Crippen LogP contribution in [0.1, 0.15) is 29.2 Å². The lowest BCUT2D eigenvalue weighted by molar-refractivity contribution is -0.159. The van der Waals surface area contributed by atoms with Crippen molar-refractivity contribution < 1.29 is 27.3 Å². The molecular formula is C16H15F3N4O3S. The molecule has 4 rings (SSSR count). The molecule has 0 radical (unpaired) electrons. The Morgan fingerprint density at radius 1 is 1.37 bits per heavy atom. The first kappa shape index (κ1) is 18.0. The van der Waals surface area contributed by atoms with E-state index in [0.717, 1.165) is 23.3 Å². The molecule has 0 unspecified atom stereocenters. The molecule has 2 amide bonds. The summed E-state index contributed by atoms with van der Waals surface area (Å²) in [7, 11) is 0. The lowest BCUT2D eigenvalue weighted by Gasteiger charge is -2.26. The quantitative estimate of drug-likeness (QED) is 0.799. The largest absolute Gasteiger partial charge is 0.471 e. The van der Waals surface area contributed by atoms with Crippen molar-refractivity contribution in [2.24, 2.45) is 5.92 Å². The number of alkyl halides is 3. The number of aromatic nitrogens is 2. The number of halogens is 3. The van der Waals surface area contributed by atoms with Crippen molar-refractivity contribution in [3.8, 4) is 10.7 Å². The van der Waals surface area contributed by atoms with Crippen molar-refractivity contribution in [1.29, 1.82) is 0 Å². The first-order valence-corrected chi connectivity index (χ1v) is 9.23. The Labute approximate surface area is 155 Å². The number of nitrogens with zero attached hydrogens (tertiary/aromatic N) is 3. The molecule has 0 saturated heterocycles. The molecule has 11 heteroatoms. The monoisotopic (exact) mass is 400 g/mol. The highest BCUT2D eigenvalue weighted by molar-refractivity contribution is 7.15. The molecular weight excluding hydrogens is 385 g/mol. The van der Waals surface area contributed by atoms with Gasteiger partial charge in [0.1, 0.15) is 0 Å². The van der Waals surface area contributed by atoms with E-state index in [2.05, 4.69) is 20.0 Å². The number of carbonyl (C=O) groups is 2. The molecule has 7 nitrogen and oxygen atoms in total. The molecule has 2 aliphatic rings. The molecule has 1 aliphatic carbocycles. The first-order valence-electron chi connectivity index (χ1n) is 8.41. The summed E-state index contributed by atoms with van der Waals surface area (Å²) in [4.78, 5) is 30.5.